The molecule has 1 N–H and O–H groups in total. The molecule has 1 aliphatic carbocycles. The van der Waals surface area contributed by atoms with Gasteiger partial charge in [-0.05, 0) is 42.9 Å². The average Bonchev–Trinajstić information content (AvgIpc) is 2.86. The maximum atomic E-state index is 12.4. The fourth-order valence-corrected chi connectivity index (χ4v) is 3.22. The zero-order valence-electron chi connectivity index (χ0n) is 11.6. The summed E-state index contributed by atoms with van der Waals surface area (Å²) in [6.45, 7) is 4.79. The zero-order chi connectivity index (χ0) is 13.2. The van der Waals surface area contributed by atoms with Crippen molar-refractivity contribution in [2.24, 2.45) is 0 Å². The summed E-state index contributed by atoms with van der Waals surface area (Å²) in [4.78, 5) is 14.4. The van der Waals surface area contributed by atoms with Crippen LogP contribution in [0.5, 0.6) is 0 Å². The predicted molar refractivity (Wildman–Crippen MR) is 76.2 cm³/mol. The molecular formula is C16H22N2O. The van der Waals surface area contributed by atoms with Crippen molar-refractivity contribution in [2.75, 3.05) is 19.6 Å². The number of amides is 1. The van der Waals surface area contributed by atoms with Crippen LogP contribution in [-0.2, 0) is 24.1 Å². The maximum absolute atomic E-state index is 12.4. The number of rotatable bonds is 2. The first-order valence-electron chi connectivity index (χ1n) is 7.35. The fourth-order valence-electron chi connectivity index (χ4n) is 3.22. The highest BCUT2D eigenvalue weighted by Gasteiger charge is 2.23. The van der Waals surface area contributed by atoms with Crippen LogP contribution in [0.25, 0.3) is 0 Å². The van der Waals surface area contributed by atoms with Gasteiger partial charge in [-0.1, -0.05) is 18.2 Å². The van der Waals surface area contributed by atoms with Gasteiger partial charge in [0.15, 0.2) is 0 Å². The Labute approximate surface area is 115 Å². The first-order valence-corrected chi connectivity index (χ1v) is 7.35. The van der Waals surface area contributed by atoms with Gasteiger partial charge in [0, 0.05) is 25.7 Å². The van der Waals surface area contributed by atoms with Crippen LogP contribution in [-0.4, -0.2) is 36.5 Å². The molecule has 3 heteroatoms. The largest absolute Gasteiger partial charge is 0.337 e. The van der Waals surface area contributed by atoms with Crippen molar-refractivity contribution in [3.8, 4) is 0 Å². The van der Waals surface area contributed by atoms with Crippen LogP contribution in [0.1, 0.15) is 30.0 Å². The molecule has 0 bridgehead atoms. The van der Waals surface area contributed by atoms with E-state index in [0.29, 0.717) is 12.5 Å². The minimum atomic E-state index is 0.270. The highest BCUT2D eigenvalue weighted by Crippen LogP contribution is 2.23. The standard InChI is InChI=1S/C16H22N2O/c1-12-11-17-7-8-18(12)16(19)10-13-5-6-14-3-2-4-15(14)9-13/h5-6,9,12,17H,2-4,7-8,10-11H2,1H3. The molecule has 3 nitrogen and oxygen atoms in total. The van der Waals surface area contributed by atoms with E-state index in [1.165, 1.54) is 36.0 Å². The minimum Gasteiger partial charge on any atom is -0.337 e. The van der Waals surface area contributed by atoms with Gasteiger partial charge in [0.05, 0.1) is 6.42 Å². The molecule has 1 heterocycles. The monoisotopic (exact) mass is 258 g/mol. The highest BCUT2D eigenvalue weighted by atomic mass is 16.2. The summed E-state index contributed by atoms with van der Waals surface area (Å²) >= 11 is 0. The molecule has 1 aromatic rings. The summed E-state index contributed by atoms with van der Waals surface area (Å²) in [5.74, 6) is 0.270. The summed E-state index contributed by atoms with van der Waals surface area (Å²) in [6.07, 6.45) is 4.21. The first kappa shape index (κ1) is 12.7. The van der Waals surface area contributed by atoms with Crippen molar-refractivity contribution in [3.63, 3.8) is 0 Å². The second-order valence-electron chi connectivity index (χ2n) is 5.77. The number of hydrogen-bond acceptors (Lipinski definition) is 2. The molecule has 1 fully saturated rings. The van der Waals surface area contributed by atoms with Crippen LogP contribution in [0.4, 0.5) is 0 Å². The van der Waals surface area contributed by atoms with E-state index in [-0.39, 0.29) is 5.91 Å². The van der Waals surface area contributed by atoms with Crippen molar-refractivity contribution < 1.29 is 4.79 Å². The van der Waals surface area contributed by atoms with Crippen LogP contribution < -0.4 is 5.32 Å². The minimum absolute atomic E-state index is 0.270. The lowest BCUT2D eigenvalue weighted by Gasteiger charge is -2.34. The lowest BCUT2D eigenvalue weighted by Crippen LogP contribution is -2.52. The highest BCUT2D eigenvalue weighted by molar-refractivity contribution is 5.79. The number of carbonyl (C=O) groups is 1. The number of hydrogen-bond donors (Lipinski definition) is 1. The Bertz CT molecular complexity index is 484. The number of piperazine rings is 1. The Balaban J connectivity index is 1.69. The molecule has 1 saturated heterocycles. The van der Waals surface area contributed by atoms with E-state index in [9.17, 15) is 4.79 Å². The van der Waals surface area contributed by atoms with Gasteiger partial charge < -0.3 is 10.2 Å². The average molecular weight is 258 g/mol. The van der Waals surface area contributed by atoms with Gasteiger partial charge in [-0.3, -0.25) is 4.79 Å². The van der Waals surface area contributed by atoms with Gasteiger partial charge in [0.25, 0.3) is 0 Å². The van der Waals surface area contributed by atoms with Crippen LogP contribution in [0.15, 0.2) is 18.2 Å². The van der Waals surface area contributed by atoms with E-state index in [4.69, 9.17) is 0 Å². The normalized spacial score (nSPS) is 22.4. The van der Waals surface area contributed by atoms with Gasteiger partial charge >= 0.3 is 0 Å². The summed E-state index contributed by atoms with van der Waals surface area (Å²) in [5.41, 5.74) is 4.11. The Morgan fingerprint density at radius 3 is 3.05 bits per heavy atom. The Kier molecular flexibility index (Phi) is 3.56. The number of carbonyl (C=O) groups excluding carboxylic acids is 1. The summed E-state index contributed by atoms with van der Waals surface area (Å²) in [5, 5.41) is 3.32. The van der Waals surface area contributed by atoms with Crippen molar-refractivity contribution in [3.05, 3.63) is 34.9 Å². The predicted octanol–water partition coefficient (Wildman–Crippen LogP) is 1.54. The lowest BCUT2D eigenvalue weighted by atomic mass is 10.0. The van der Waals surface area contributed by atoms with Gasteiger partial charge in [0.1, 0.15) is 0 Å². The quantitative estimate of drug-likeness (QED) is 0.872. The number of benzene rings is 1. The molecule has 1 aromatic carbocycles. The molecule has 3 rings (SSSR count). The second-order valence-corrected chi connectivity index (χ2v) is 5.77. The van der Waals surface area contributed by atoms with Crippen LogP contribution in [0.2, 0.25) is 0 Å². The van der Waals surface area contributed by atoms with Crippen LogP contribution >= 0.6 is 0 Å². The number of nitrogens with zero attached hydrogens (tertiary/aromatic N) is 1. The molecule has 0 radical (unpaired) electrons. The maximum Gasteiger partial charge on any atom is 0.227 e. The molecule has 1 atom stereocenters. The van der Waals surface area contributed by atoms with E-state index >= 15 is 0 Å². The van der Waals surface area contributed by atoms with E-state index < -0.39 is 0 Å². The third-order valence-electron chi connectivity index (χ3n) is 4.34. The van der Waals surface area contributed by atoms with Crippen LogP contribution in [0.3, 0.4) is 0 Å². The molecule has 1 unspecified atom stereocenters. The van der Waals surface area contributed by atoms with E-state index in [2.05, 4.69) is 30.4 Å². The Morgan fingerprint density at radius 2 is 2.21 bits per heavy atom. The first-order chi connectivity index (χ1) is 9.24. The number of fused-ring (bicyclic) bond motifs is 1. The van der Waals surface area contributed by atoms with Crippen molar-refractivity contribution in [2.45, 2.75) is 38.6 Å². The van der Waals surface area contributed by atoms with Crippen LogP contribution in [0, 0.1) is 0 Å². The smallest absolute Gasteiger partial charge is 0.227 e. The van der Waals surface area contributed by atoms with Gasteiger partial charge in [0.2, 0.25) is 5.91 Å². The summed E-state index contributed by atoms with van der Waals surface area (Å²) in [6, 6.07) is 6.91. The third kappa shape index (κ3) is 2.66. The second kappa shape index (κ2) is 5.33. The van der Waals surface area contributed by atoms with Gasteiger partial charge in [-0.15, -0.1) is 0 Å². The van der Waals surface area contributed by atoms with E-state index in [0.717, 1.165) is 19.6 Å². The fraction of sp³-hybridized carbons (Fsp3) is 0.562. The van der Waals surface area contributed by atoms with E-state index in [1.54, 1.807) is 0 Å². The van der Waals surface area contributed by atoms with Crippen molar-refractivity contribution in [1.29, 1.82) is 0 Å². The molecule has 1 aliphatic heterocycles. The molecule has 0 spiro atoms. The molecule has 19 heavy (non-hydrogen) atoms. The molecule has 1 amide bonds. The Morgan fingerprint density at radius 1 is 1.37 bits per heavy atom. The number of nitrogens with one attached hydrogen (secondary N) is 1. The molecule has 0 saturated carbocycles. The Hall–Kier alpha value is -1.35. The van der Waals surface area contributed by atoms with Crippen molar-refractivity contribution >= 4 is 5.91 Å². The van der Waals surface area contributed by atoms with Gasteiger partial charge in [-0.2, -0.15) is 0 Å². The van der Waals surface area contributed by atoms with Gasteiger partial charge in [-0.25, -0.2) is 0 Å². The summed E-state index contributed by atoms with van der Waals surface area (Å²) in [7, 11) is 0. The molecular weight excluding hydrogens is 236 g/mol. The third-order valence-corrected chi connectivity index (χ3v) is 4.34. The topological polar surface area (TPSA) is 32.3 Å². The molecule has 0 aromatic heterocycles. The summed E-state index contributed by atoms with van der Waals surface area (Å²) < 4.78 is 0. The number of aryl methyl sites for hydroxylation is 2. The lowest BCUT2D eigenvalue weighted by molar-refractivity contribution is -0.133. The zero-order valence-corrected chi connectivity index (χ0v) is 11.6. The molecule has 102 valence electrons. The van der Waals surface area contributed by atoms with E-state index in [1.807, 2.05) is 4.90 Å². The SMILES string of the molecule is CC1CNCCN1C(=O)Cc1ccc2c(c1)CCC2. The van der Waals surface area contributed by atoms with Crippen molar-refractivity contribution in [1.82, 2.24) is 10.2 Å². The molecule has 2 aliphatic rings.